The number of amides is 3. The molecular formula is C26H32N4O2. The van der Waals surface area contributed by atoms with Crippen molar-refractivity contribution in [2.75, 3.05) is 42.5 Å². The summed E-state index contributed by atoms with van der Waals surface area (Å²) in [6.45, 7) is 7.34. The molecule has 6 nitrogen and oxygen atoms in total. The van der Waals surface area contributed by atoms with Crippen LogP contribution in [0.3, 0.4) is 0 Å². The highest BCUT2D eigenvalue weighted by molar-refractivity contribution is 6.23. The second-order valence-corrected chi connectivity index (χ2v) is 9.17. The van der Waals surface area contributed by atoms with E-state index in [1.54, 1.807) is 4.90 Å². The van der Waals surface area contributed by atoms with Gasteiger partial charge in [0.15, 0.2) is 0 Å². The van der Waals surface area contributed by atoms with Crippen LogP contribution < -0.4 is 9.80 Å². The van der Waals surface area contributed by atoms with Gasteiger partial charge in [-0.15, -0.1) is 0 Å². The van der Waals surface area contributed by atoms with Gasteiger partial charge in [0.05, 0.1) is 5.69 Å². The predicted molar refractivity (Wildman–Crippen MR) is 127 cm³/mol. The zero-order valence-corrected chi connectivity index (χ0v) is 18.9. The molecule has 0 atom stereocenters. The molecule has 3 aliphatic rings. The summed E-state index contributed by atoms with van der Waals surface area (Å²) in [7, 11) is 0. The molecule has 3 heterocycles. The quantitative estimate of drug-likeness (QED) is 0.667. The van der Waals surface area contributed by atoms with E-state index < -0.39 is 5.54 Å². The fourth-order valence-corrected chi connectivity index (χ4v) is 5.57. The van der Waals surface area contributed by atoms with Crippen LogP contribution in [-0.4, -0.2) is 60.0 Å². The van der Waals surface area contributed by atoms with Gasteiger partial charge >= 0.3 is 6.03 Å². The van der Waals surface area contributed by atoms with Gasteiger partial charge in [-0.1, -0.05) is 30.3 Å². The average Bonchev–Trinajstić information content (AvgIpc) is 3.43. The van der Waals surface area contributed by atoms with E-state index in [1.807, 2.05) is 37.3 Å². The molecule has 1 spiro atoms. The minimum Gasteiger partial charge on any atom is -0.372 e. The average molecular weight is 433 g/mol. The van der Waals surface area contributed by atoms with Crippen molar-refractivity contribution in [2.45, 2.75) is 44.7 Å². The van der Waals surface area contributed by atoms with Gasteiger partial charge in [-0.05, 0) is 62.4 Å². The maximum absolute atomic E-state index is 13.5. The third kappa shape index (κ3) is 3.56. The number of nitrogens with zero attached hydrogens (tertiary/aromatic N) is 4. The van der Waals surface area contributed by atoms with Gasteiger partial charge in [-0.25, -0.2) is 9.69 Å². The molecule has 2 aromatic carbocycles. The first-order valence-corrected chi connectivity index (χ1v) is 11.9. The number of carbonyl (C=O) groups excluding carboxylic acids is 2. The van der Waals surface area contributed by atoms with E-state index in [1.165, 1.54) is 29.0 Å². The lowest BCUT2D eigenvalue weighted by molar-refractivity contribution is -0.127. The normalized spacial score (nSPS) is 21.2. The number of para-hydroxylation sites is 1. The van der Waals surface area contributed by atoms with E-state index in [0.29, 0.717) is 25.1 Å². The third-order valence-electron chi connectivity index (χ3n) is 7.37. The fourth-order valence-electron chi connectivity index (χ4n) is 5.57. The molecule has 5 rings (SSSR count). The Morgan fingerprint density at radius 3 is 2.09 bits per heavy atom. The molecule has 32 heavy (non-hydrogen) atoms. The van der Waals surface area contributed by atoms with Crippen LogP contribution in [0.2, 0.25) is 0 Å². The maximum atomic E-state index is 13.5. The van der Waals surface area contributed by atoms with E-state index in [-0.39, 0.29) is 11.9 Å². The number of anilines is 2. The van der Waals surface area contributed by atoms with E-state index in [0.717, 1.165) is 32.7 Å². The van der Waals surface area contributed by atoms with Crippen LogP contribution in [0, 0.1) is 0 Å². The molecule has 0 saturated carbocycles. The Balaban J connectivity index is 1.26. The summed E-state index contributed by atoms with van der Waals surface area (Å²) < 4.78 is 0. The molecule has 0 bridgehead atoms. The Bertz CT molecular complexity index is 961. The van der Waals surface area contributed by atoms with Crippen molar-refractivity contribution in [3.8, 4) is 0 Å². The second kappa shape index (κ2) is 8.58. The fraction of sp³-hybridized carbons (Fsp3) is 0.462. The Kier molecular flexibility index (Phi) is 5.64. The summed E-state index contributed by atoms with van der Waals surface area (Å²) in [6, 6.07) is 18.1. The van der Waals surface area contributed by atoms with Crippen LogP contribution in [0.15, 0.2) is 54.6 Å². The van der Waals surface area contributed by atoms with E-state index in [2.05, 4.69) is 34.1 Å². The van der Waals surface area contributed by atoms with Crippen molar-refractivity contribution in [3.63, 3.8) is 0 Å². The number of benzene rings is 2. The molecule has 168 valence electrons. The molecule has 3 amide bonds. The number of hydrogen-bond acceptors (Lipinski definition) is 4. The largest absolute Gasteiger partial charge is 0.372 e. The lowest BCUT2D eigenvalue weighted by Crippen LogP contribution is -2.56. The highest BCUT2D eigenvalue weighted by atomic mass is 16.2. The molecule has 2 aromatic rings. The van der Waals surface area contributed by atoms with Crippen LogP contribution in [0.25, 0.3) is 0 Å². The maximum Gasteiger partial charge on any atom is 0.332 e. The number of rotatable bonds is 5. The molecule has 3 aliphatic heterocycles. The highest BCUT2D eigenvalue weighted by Crippen LogP contribution is 2.39. The minimum atomic E-state index is -0.711. The first-order valence-electron chi connectivity index (χ1n) is 11.9. The summed E-state index contributed by atoms with van der Waals surface area (Å²) >= 11 is 0. The highest BCUT2D eigenvalue weighted by Gasteiger charge is 2.57. The van der Waals surface area contributed by atoms with Gasteiger partial charge in [-0.3, -0.25) is 9.69 Å². The SMILES string of the molecule is CCN1C(=O)N(c2ccccc2)C(=O)C12CCN(Cc1ccc(N3CCCC3)cc1)CC2. The summed E-state index contributed by atoms with van der Waals surface area (Å²) in [5.74, 6) is -0.0647. The lowest BCUT2D eigenvalue weighted by Gasteiger charge is -2.41. The smallest absolute Gasteiger partial charge is 0.332 e. The van der Waals surface area contributed by atoms with Crippen LogP contribution in [0.5, 0.6) is 0 Å². The summed E-state index contributed by atoms with van der Waals surface area (Å²) in [5.41, 5.74) is 2.57. The van der Waals surface area contributed by atoms with Crippen molar-refractivity contribution in [1.29, 1.82) is 0 Å². The zero-order chi connectivity index (χ0) is 22.1. The number of urea groups is 1. The Morgan fingerprint density at radius 2 is 1.47 bits per heavy atom. The number of likely N-dealkylation sites (tertiary alicyclic amines) is 1. The van der Waals surface area contributed by atoms with Crippen molar-refractivity contribution in [1.82, 2.24) is 9.80 Å². The summed E-state index contributed by atoms with van der Waals surface area (Å²) in [4.78, 5) is 34.7. The molecule has 0 aromatic heterocycles. The first-order chi connectivity index (χ1) is 15.6. The van der Waals surface area contributed by atoms with Crippen LogP contribution >= 0.6 is 0 Å². The third-order valence-corrected chi connectivity index (χ3v) is 7.37. The van der Waals surface area contributed by atoms with Crippen LogP contribution in [0.4, 0.5) is 16.2 Å². The van der Waals surface area contributed by atoms with Crippen molar-refractivity contribution >= 4 is 23.3 Å². The van der Waals surface area contributed by atoms with E-state index in [9.17, 15) is 9.59 Å². The first kappa shape index (κ1) is 21.0. The van der Waals surface area contributed by atoms with Crippen LogP contribution in [-0.2, 0) is 11.3 Å². The number of carbonyl (C=O) groups is 2. The van der Waals surface area contributed by atoms with E-state index in [4.69, 9.17) is 0 Å². The van der Waals surface area contributed by atoms with Crippen molar-refractivity contribution in [3.05, 3.63) is 60.2 Å². The molecule has 6 heteroatoms. The summed E-state index contributed by atoms with van der Waals surface area (Å²) in [5, 5.41) is 0. The molecule has 0 aliphatic carbocycles. The standard InChI is InChI=1S/C26H32N4O2/c1-2-29-25(32)30(23-8-4-3-5-9-23)24(31)26(29)14-18-27(19-15-26)20-21-10-12-22(13-11-21)28-16-6-7-17-28/h3-5,8-13H,2,6-7,14-20H2,1H3. The Hall–Kier alpha value is -2.86. The molecular weight excluding hydrogens is 400 g/mol. The predicted octanol–water partition coefficient (Wildman–Crippen LogP) is 4.11. The van der Waals surface area contributed by atoms with Crippen LogP contribution in [0.1, 0.15) is 38.2 Å². The number of imide groups is 1. The molecule has 3 fully saturated rings. The monoisotopic (exact) mass is 432 g/mol. The van der Waals surface area contributed by atoms with E-state index >= 15 is 0 Å². The Morgan fingerprint density at radius 1 is 0.812 bits per heavy atom. The van der Waals surface area contributed by atoms with Crippen molar-refractivity contribution < 1.29 is 9.59 Å². The van der Waals surface area contributed by atoms with Gasteiger partial charge in [0.2, 0.25) is 0 Å². The number of hydrogen-bond donors (Lipinski definition) is 0. The number of likely N-dealkylation sites (N-methyl/N-ethyl adjacent to an activating group) is 1. The van der Waals surface area contributed by atoms with Crippen molar-refractivity contribution in [2.24, 2.45) is 0 Å². The molecule has 0 N–H and O–H groups in total. The molecule has 0 radical (unpaired) electrons. The van der Waals surface area contributed by atoms with Gasteiger partial charge < -0.3 is 9.80 Å². The zero-order valence-electron chi connectivity index (χ0n) is 18.9. The summed E-state index contributed by atoms with van der Waals surface area (Å²) in [6.07, 6.45) is 3.94. The van der Waals surface area contributed by atoms with Gasteiger partial charge in [0, 0.05) is 45.0 Å². The Labute approximate surface area is 190 Å². The van der Waals surface area contributed by atoms with Gasteiger partial charge in [0.1, 0.15) is 5.54 Å². The topological polar surface area (TPSA) is 47.1 Å². The molecule has 0 unspecified atom stereocenters. The second-order valence-electron chi connectivity index (χ2n) is 9.17. The van der Waals surface area contributed by atoms with Gasteiger partial charge in [-0.2, -0.15) is 0 Å². The number of piperidine rings is 1. The lowest BCUT2D eigenvalue weighted by atomic mass is 9.85. The van der Waals surface area contributed by atoms with Gasteiger partial charge in [0.25, 0.3) is 5.91 Å². The molecule has 3 saturated heterocycles. The minimum absolute atomic E-state index is 0.0647.